The second-order valence-corrected chi connectivity index (χ2v) is 5.51. The van der Waals surface area contributed by atoms with Crippen LogP contribution in [0.2, 0.25) is 0 Å². The van der Waals surface area contributed by atoms with Crippen molar-refractivity contribution in [2.75, 3.05) is 13.2 Å². The van der Waals surface area contributed by atoms with Gasteiger partial charge in [-0.05, 0) is 31.7 Å². The lowest BCUT2D eigenvalue weighted by molar-refractivity contribution is -0.144. The zero-order valence-electron chi connectivity index (χ0n) is 13.3. The molecule has 1 saturated heterocycles. The number of rotatable bonds is 9. The molecule has 1 aliphatic heterocycles. The third-order valence-corrected chi connectivity index (χ3v) is 3.70. The number of para-hydroxylation sites is 1. The molecule has 1 aliphatic rings. The van der Waals surface area contributed by atoms with E-state index in [-0.39, 0.29) is 19.0 Å². The monoisotopic (exact) mass is 320 g/mol. The summed E-state index contributed by atoms with van der Waals surface area (Å²) in [4.78, 5) is 10.8. The average molecular weight is 320 g/mol. The predicted octanol–water partition coefficient (Wildman–Crippen LogP) is 3.70. The number of allylic oxidation sites excluding steroid dienone is 1. The van der Waals surface area contributed by atoms with E-state index < -0.39 is 5.97 Å². The van der Waals surface area contributed by atoms with Gasteiger partial charge in [-0.3, -0.25) is 0 Å². The summed E-state index contributed by atoms with van der Waals surface area (Å²) >= 11 is 0. The van der Waals surface area contributed by atoms with Crippen LogP contribution in [0, 0.1) is 0 Å². The Hall–Kier alpha value is -1.85. The number of hydrogen-bond donors (Lipinski definition) is 1. The van der Waals surface area contributed by atoms with Crippen molar-refractivity contribution < 1.29 is 24.1 Å². The van der Waals surface area contributed by atoms with Crippen LogP contribution in [-0.2, 0) is 14.3 Å². The van der Waals surface area contributed by atoms with Gasteiger partial charge in [0.2, 0.25) is 0 Å². The highest BCUT2D eigenvalue weighted by Crippen LogP contribution is 2.32. The average Bonchev–Trinajstić information content (AvgIpc) is 2.57. The molecule has 5 heteroatoms. The summed E-state index contributed by atoms with van der Waals surface area (Å²) in [6, 6.07) is 7.57. The molecule has 1 N–H and O–H groups in total. The molecule has 126 valence electrons. The first-order valence-corrected chi connectivity index (χ1v) is 8.02. The fraction of sp³-hybridized carbons (Fsp3) is 0.500. The predicted molar refractivity (Wildman–Crippen MR) is 86.4 cm³/mol. The standard InChI is InChI=1S/C18H24O5/c1-2-3-9-15(22-13-17(19)20)14-8-4-5-10-16(14)23-18-11-6-7-12-21-18/h2,4-5,8,10,15,18H,1,3,6-7,9,11-13H2,(H,19,20). The van der Waals surface area contributed by atoms with Crippen molar-refractivity contribution in [2.45, 2.75) is 44.5 Å². The first-order valence-electron chi connectivity index (χ1n) is 8.02. The van der Waals surface area contributed by atoms with Crippen LogP contribution in [-0.4, -0.2) is 30.6 Å². The summed E-state index contributed by atoms with van der Waals surface area (Å²) in [5, 5.41) is 8.87. The SMILES string of the molecule is C=CCCC(OCC(=O)O)c1ccccc1OC1CCCCO1. The van der Waals surface area contributed by atoms with Gasteiger partial charge in [0.25, 0.3) is 0 Å². The number of carboxylic acid groups (broad SMARTS) is 1. The lowest BCUT2D eigenvalue weighted by atomic mass is 10.0. The molecule has 0 amide bonds. The smallest absolute Gasteiger partial charge is 0.329 e. The van der Waals surface area contributed by atoms with Gasteiger partial charge in [-0.15, -0.1) is 6.58 Å². The first kappa shape index (κ1) is 17.5. The third-order valence-electron chi connectivity index (χ3n) is 3.70. The maximum absolute atomic E-state index is 10.8. The summed E-state index contributed by atoms with van der Waals surface area (Å²) in [6.45, 7) is 4.09. The molecule has 1 heterocycles. The maximum Gasteiger partial charge on any atom is 0.329 e. The van der Waals surface area contributed by atoms with Gasteiger partial charge < -0.3 is 19.3 Å². The lowest BCUT2D eigenvalue weighted by Crippen LogP contribution is -2.25. The highest BCUT2D eigenvalue weighted by Gasteiger charge is 2.21. The fourth-order valence-corrected chi connectivity index (χ4v) is 2.57. The highest BCUT2D eigenvalue weighted by atomic mass is 16.7. The van der Waals surface area contributed by atoms with Gasteiger partial charge in [-0.1, -0.05) is 24.3 Å². The minimum atomic E-state index is -0.984. The van der Waals surface area contributed by atoms with Crippen molar-refractivity contribution in [1.29, 1.82) is 0 Å². The van der Waals surface area contributed by atoms with E-state index in [4.69, 9.17) is 19.3 Å². The van der Waals surface area contributed by atoms with Crippen molar-refractivity contribution in [3.63, 3.8) is 0 Å². The summed E-state index contributed by atoms with van der Waals surface area (Å²) in [5.41, 5.74) is 0.852. The molecular weight excluding hydrogens is 296 g/mol. The van der Waals surface area contributed by atoms with Gasteiger partial charge in [-0.25, -0.2) is 4.79 Å². The molecule has 1 aromatic carbocycles. The number of benzene rings is 1. The molecule has 0 radical (unpaired) electrons. The van der Waals surface area contributed by atoms with Crippen LogP contribution in [0.3, 0.4) is 0 Å². The zero-order valence-corrected chi connectivity index (χ0v) is 13.3. The van der Waals surface area contributed by atoms with Crippen LogP contribution in [0.15, 0.2) is 36.9 Å². The van der Waals surface area contributed by atoms with Crippen molar-refractivity contribution in [3.05, 3.63) is 42.5 Å². The quantitative estimate of drug-likeness (QED) is 0.703. The molecule has 0 aromatic heterocycles. The topological polar surface area (TPSA) is 65.0 Å². The van der Waals surface area contributed by atoms with Crippen molar-refractivity contribution >= 4 is 5.97 Å². The molecule has 2 rings (SSSR count). The Kier molecular flexibility index (Phi) is 7.10. The number of hydrogen-bond acceptors (Lipinski definition) is 4. The molecule has 0 spiro atoms. The number of aliphatic carboxylic acids is 1. The Balaban J connectivity index is 2.12. The Morgan fingerprint density at radius 3 is 2.96 bits per heavy atom. The molecule has 0 bridgehead atoms. The van der Waals surface area contributed by atoms with Gasteiger partial charge in [-0.2, -0.15) is 0 Å². The van der Waals surface area contributed by atoms with E-state index in [1.165, 1.54) is 0 Å². The van der Waals surface area contributed by atoms with E-state index in [9.17, 15) is 4.79 Å². The van der Waals surface area contributed by atoms with E-state index in [0.717, 1.165) is 31.2 Å². The van der Waals surface area contributed by atoms with Gasteiger partial charge in [0.1, 0.15) is 12.4 Å². The lowest BCUT2D eigenvalue weighted by Gasteiger charge is -2.26. The van der Waals surface area contributed by atoms with E-state index in [1.807, 2.05) is 24.3 Å². The van der Waals surface area contributed by atoms with Crippen LogP contribution in [0.25, 0.3) is 0 Å². The highest BCUT2D eigenvalue weighted by molar-refractivity contribution is 5.68. The van der Waals surface area contributed by atoms with Gasteiger partial charge in [0, 0.05) is 12.0 Å². The maximum atomic E-state index is 10.8. The number of ether oxygens (including phenoxy) is 3. The first-order chi connectivity index (χ1) is 11.2. The molecule has 1 aromatic rings. The third kappa shape index (κ3) is 5.69. The largest absolute Gasteiger partial charge is 0.480 e. The molecule has 2 atom stereocenters. The zero-order chi connectivity index (χ0) is 16.5. The molecule has 0 saturated carbocycles. The van der Waals surface area contributed by atoms with E-state index in [1.54, 1.807) is 6.08 Å². The van der Waals surface area contributed by atoms with E-state index >= 15 is 0 Å². The molecule has 1 fully saturated rings. The molecule has 0 aliphatic carbocycles. The van der Waals surface area contributed by atoms with Gasteiger partial charge in [0.15, 0.2) is 6.29 Å². The Morgan fingerprint density at radius 2 is 2.26 bits per heavy atom. The Morgan fingerprint density at radius 1 is 1.43 bits per heavy atom. The van der Waals surface area contributed by atoms with Gasteiger partial charge in [0.05, 0.1) is 12.7 Å². The van der Waals surface area contributed by atoms with Crippen molar-refractivity contribution in [2.24, 2.45) is 0 Å². The van der Waals surface area contributed by atoms with E-state index in [0.29, 0.717) is 18.8 Å². The fourth-order valence-electron chi connectivity index (χ4n) is 2.57. The number of carboxylic acids is 1. The van der Waals surface area contributed by atoms with Crippen molar-refractivity contribution in [3.8, 4) is 5.75 Å². The van der Waals surface area contributed by atoms with Crippen LogP contribution in [0.4, 0.5) is 0 Å². The molecule has 2 unspecified atom stereocenters. The summed E-state index contributed by atoms with van der Waals surface area (Å²) < 4.78 is 17.2. The Bertz CT molecular complexity index is 508. The summed E-state index contributed by atoms with van der Waals surface area (Å²) in [7, 11) is 0. The molecular formula is C18H24O5. The Labute approximate surface area is 136 Å². The minimum Gasteiger partial charge on any atom is -0.480 e. The van der Waals surface area contributed by atoms with Crippen molar-refractivity contribution in [1.82, 2.24) is 0 Å². The second kappa shape index (κ2) is 9.33. The van der Waals surface area contributed by atoms with Crippen LogP contribution < -0.4 is 4.74 Å². The number of carbonyl (C=O) groups is 1. The second-order valence-electron chi connectivity index (χ2n) is 5.51. The van der Waals surface area contributed by atoms with Crippen LogP contribution in [0.5, 0.6) is 5.75 Å². The molecule has 5 nitrogen and oxygen atoms in total. The van der Waals surface area contributed by atoms with E-state index in [2.05, 4.69) is 6.58 Å². The summed E-state index contributed by atoms with van der Waals surface area (Å²) in [6.07, 6.45) is 5.61. The summed E-state index contributed by atoms with van der Waals surface area (Å²) in [5.74, 6) is -0.290. The van der Waals surface area contributed by atoms with Crippen LogP contribution >= 0.6 is 0 Å². The van der Waals surface area contributed by atoms with Gasteiger partial charge >= 0.3 is 5.97 Å². The minimum absolute atomic E-state index is 0.246. The molecule has 23 heavy (non-hydrogen) atoms. The normalized spacial score (nSPS) is 19.0. The van der Waals surface area contributed by atoms with Crippen LogP contribution in [0.1, 0.15) is 43.8 Å².